The van der Waals surface area contributed by atoms with Gasteiger partial charge in [0.2, 0.25) is 0 Å². The molecule has 0 bridgehead atoms. The van der Waals surface area contributed by atoms with Crippen LogP contribution in [0.3, 0.4) is 0 Å². The molecule has 0 heterocycles. The molecule has 0 fully saturated rings. The van der Waals surface area contributed by atoms with Crippen molar-refractivity contribution in [1.82, 2.24) is 0 Å². The monoisotopic (exact) mass is 290 g/mol. The Morgan fingerprint density at radius 1 is 1.11 bits per heavy atom. The lowest BCUT2D eigenvalue weighted by molar-refractivity contribution is 0.381. The van der Waals surface area contributed by atoms with E-state index in [1.165, 1.54) is 11.3 Å². The Labute approximate surface area is 114 Å². The molecule has 1 rings (SSSR count). The number of anilines is 2. The minimum atomic E-state index is -4.67. The van der Waals surface area contributed by atoms with Gasteiger partial charge in [-0.3, -0.25) is 9.11 Å². The fourth-order valence-electron chi connectivity index (χ4n) is 1.73. The van der Waals surface area contributed by atoms with E-state index in [-0.39, 0.29) is 0 Å². The lowest BCUT2D eigenvalue weighted by Crippen LogP contribution is -2.22. The number of nitrogens with two attached hydrogens (primary N) is 1. The largest absolute Gasteiger partial charge is 0.399 e. The van der Waals surface area contributed by atoms with E-state index in [9.17, 15) is 0 Å². The van der Waals surface area contributed by atoms with Crippen molar-refractivity contribution in [2.45, 2.75) is 27.7 Å². The number of benzene rings is 1. The maximum Gasteiger partial charge on any atom is 0.394 e. The predicted molar refractivity (Wildman–Crippen MR) is 78.1 cm³/mol. The van der Waals surface area contributed by atoms with Crippen LogP contribution in [0.2, 0.25) is 0 Å². The molecule has 19 heavy (non-hydrogen) atoms. The second kappa shape index (κ2) is 7.32. The summed E-state index contributed by atoms with van der Waals surface area (Å²) < 4.78 is 31.6. The minimum absolute atomic E-state index is 0.887. The standard InChI is InChI=1S/C12H20N2.H2O4S/c1-5-14(6-2)12-8-9(3)11(13)7-10(12)4;1-5(2,3)4/h7-8H,5-6,13H2,1-4H3;(H2,1,2,3,4). The van der Waals surface area contributed by atoms with Crippen LogP contribution in [0.5, 0.6) is 0 Å². The summed E-state index contributed by atoms with van der Waals surface area (Å²) in [5, 5.41) is 0. The molecule has 0 radical (unpaired) electrons. The summed E-state index contributed by atoms with van der Waals surface area (Å²) in [5.74, 6) is 0. The molecule has 0 saturated carbocycles. The Hall–Kier alpha value is -1.31. The summed E-state index contributed by atoms with van der Waals surface area (Å²) in [6.07, 6.45) is 0. The number of hydrogen-bond acceptors (Lipinski definition) is 4. The van der Waals surface area contributed by atoms with Crippen LogP contribution in [0.1, 0.15) is 25.0 Å². The molecule has 0 spiro atoms. The van der Waals surface area contributed by atoms with Crippen molar-refractivity contribution < 1.29 is 17.5 Å². The van der Waals surface area contributed by atoms with Gasteiger partial charge in [0.25, 0.3) is 0 Å². The van der Waals surface area contributed by atoms with E-state index in [4.69, 9.17) is 23.3 Å². The second-order valence-electron chi connectivity index (χ2n) is 4.12. The van der Waals surface area contributed by atoms with Crippen LogP contribution in [0.4, 0.5) is 11.4 Å². The molecule has 0 aliphatic rings. The molecule has 1 aromatic carbocycles. The zero-order chi connectivity index (χ0) is 15.2. The molecule has 0 aromatic heterocycles. The van der Waals surface area contributed by atoms with Crippen LogP contribution in [0, 0.1) is 13.8 Å². The van der Waals surface area contributed by atoms with Gasteiger partial charge in [0.05, 0.1) is 0 Å². The first-order valence-corrected chi connectivity index (χ1v) is 7.31. The van der Waals surface area contributed by atoms with Gasteiger partial charge in [-0.25, -0.2) is 0 Å². The van der Waals surface area contributed by atoms with Gasteiger partial charge >= 0.3 is 10.4 Å². The number of rotatable bonds is 3. The van der Waals surface area contributed by atoms with E-state index in [1.807, 2.05) is 0 Å². The summed E-state index contributed by atoms with van der Waals surface area (Å²) in [5.41, 5.74) is 10.5. The molecule has 110 valence electrons. The van der Waals surface area contributed by atoms with E-state index in [1.54, 1.807) is 0 Å². The van der Waals surface area contributed by atoms with Crippen LogP contribution in [0.15, 0.2) is 12.1 Å². The van der Waals surface area contributed by atoms with E-state index in [0.29, 0.717) is 0 Å². The molecule has 4 N–H and O–H groups in total. The molecule has 0 aliphatic carbocycles. The summed E-state index contributed by atoms with van der Waals surface area (Å²) in [6, 6.07) is 4.24. The van der Waals surface area contributed by atoms with Crippen molar-refractivity contribution in [1.29, 1.82) is 0 Å². The normalized spacial score (nSPS) is 10.6. The first kappa shape index (κ1) is 17.7. The van der Waals surface area contributed by atoms with Crippen LogP contribution < -0.4 is 10.6 Å². The van der Waals surface area contributed by atoms with Crippen LogP contribution in [-0.2, 0) is 10.4 Å². The molecular formula is C12H22N2O4S. The Bertz CT molecular complexity index is 503. The molecule has 0 saturated heterocycles. The summed E-state index contributed by atoms with van der Waals surface area (Å²) in [7, 11) is -4.67. The highest BCUT2D eigenvalue weighted by Gasteiger charge is 2.07. The van der Waals surface area contributed by atoms with Crippen LogP contribution in [-0.4, -0.2) is 30.6 Å². The molecule has 0 unspecified atom stereocenters. The highest BCUT2D eigenvalue weighted by molar-refractivity contribution is 7.79. The third kappa shape index (κ3) is 7.00. The predicted octanol–water partition coefficient (Wildman–Crippen LogP) is 2.08. The fraction of sp³-hybridized carbons (Fsp3) is 0.500. The molecular weight excluding hydrogens is 268 g/mol. The maximum atomic E-state index is 8.74. The summed E-state index contributed by atoms with van der Waals surface area (Å²) >= 11 is 0. The van der Waals surface area contributed by atoms with Gasteiger partial charge in [0.15, 0.2) is 0 Å². The minimum Gasteiger partial charge on any atom is -0.399 e. The second-order valence-corrected chi connectivity index (χ2v) is 5.01. The maximum absolute atomic E-state index is 8.74. The highest BCUT2D eigenvalue weighted by Crippen LogP contribution is 2.25. The van der Waals surface area contributed by atoms with E-state index in [0.717, 1.165) is 24.3 Å². The smallest absolute Gasteiger partial charge is 0.394 e. The first-order valence-electron chi connectivity index (χ1n) is 5.91. The Morgan fingerprint density at radius 2 is 1.53 bits per heavy atom. The van der Waals surface area contributed by atoms with Crippen molar-refractivity contribution in [2.75, 3.05) is 23.7 Å². The van der Waals surface area contributed by atoms with Crippen molar-refractivity contribution in [3.63, 3.8) is 0 Å². The average molecular weight is 290 g/mol. The third-order valence-corrected chi connectivity index (χ3v) is 2.69. The van der Waals surface area contributed by atoms with E-state index < -0.39 is 10.4 Å². The zero-order valence-electron chi connectivity index (χ0n) is 11.7. The molecule has 1 aromatic rings. The number of hydrogen-bond donors (Lipinski definition) is 3. The lowest BCUT2D eigenvalue weighted by Gasteiger charge is -2.24. The van der Waals surface area contributed by atoms with Gasteiger partial charge in [0, 0.05) is 24.5 Å². The van der Waals surface area contributed by atoms with E-state index >= 15 is 0 Å². The first-order chi connectivity index (χ1) is 8.60. The van der Waals surface area contributed by atoms with Crippen molar-refractivity contribution in [3.05, 3.63) is 23.3 Å². The Morgan fingerprint density at radius 3 is 1.89 bits per heavy atom. The van der Waals surface area contributed by atoms with Crippen LogP contribution in [0.25, 0.3) is 0 Å². The molecule has 0 aliphatic heterocycles. The number of aryl methyl sites for hydroxylation is 2. The van der Waals surface area contributed by atoms with Gasteiger partial charge in [-0.1, -0.05) is 0 Å². The Balaban J connectivity index is 0.000000555. The van der Waals surface area contributed by atoms with Gasteiger partial charge in [-0.15, -0.1) is 0 Å². The SMILES string of the molecule is CCN(CC)c1cc(C)c(N)cc1C.O=S(=O)(O)O. The fourth-order valence-corrected chi connectivity index (χ4v) is 1.73. The molecule has 6 nitrogen and oxygen atoms in total. The average Bonchev–Trinajstić information content (AvgIpc) is 2.24. The topological polar surface area (TPSA) is 104 Å². The molecule has 0 amide bonds. The summed E-state index contributed by atoms with van der Waals surface area (Å²) in [4.78, 5) is 2.35. The van der Waals surface area contributed by atoms with Gasteiger partial charge in [0.1, 0.15) is 0 Å². The van der Waals surface area contributed by atoms with Crippen molar-refractivity contribution in [3.8, 4) is 0 Å². The molecule has 0 atom stereocenters. The zero-order valence-corrected chi connectivity index (χ0v) is 12.5. The Kier molecular flexibility index (Phi) is 6.82. The van der Waals surface area contributed by atoms with Gasteiger partial charge in [-0.2, -0.15) is 8.42 Å². The number of nitrogen functional groups attached to an aromatic ring is 1. The number of nitrogens with zero attached hydrogens (tertiary/aromatic N) is 1. The molecule has 7 heteroatoms. The van der Waals surface area contributed by atoms with Gasteiger partial charge < -0.3 is 10.6 Å². The quantitative estimate of drug-likeness (QED) is 0.581. The van der Waals surface area contributed by atoms with E-state index in [2.05, 4.69) is 44.7 Å². The van der Waals surface area contributed by atoms with Crippen LogP contribution >= 0.6 is 0 Å². The van der Waals surface area contributed by atoms with Crippen molar-refractivity contribution in [2.24, 2.45) is 0 Å². The highest BCUT2D eigenvalue weighted by atomic mass is 32.3. The van der Waals surface area contributed by atoms with Gasteiger partial charge in [-0.05, 0) is 51.0 Å². The third-order valence-electron chi connectivity index (χ3n) is 2.69. The summed E-state index contributed by atoms with van der Waals surface area (Å²) in [6.45, 7) is 10.6. The van der Waals surface area contributed by atoms with Crippen molar-refractivity contribution >= 4 is 21.8 Å². The lowest BCUT2D eigenvalue weighted by atomic mass is 10.1.